The summed E-state index contributed by atoms with van der Waals surface area (Å²) in [6, 6.07) is 21.1. The van der Waals surface area contributed by atoms with Gasteiger partial charge in [0.05, 0.1) is 8.07 Å². The van der Waals surface area contributed by atoms with Crippen molar-refractivity contribution in [3.63, 3.8) is 0 Å². The van der Waals surface area contributed by atoms with Crippen molar-refractivity contribution in [2.24, 2.45) is 0 Å². The van der Waals surface area contributed by atoms with Crippen LogP contribution in [0.25, 0.3) is 0 Å². The summed E-state index contributed by atoms with van der Waals surface area (Å²) < 4.78 is 6.64. The molecule has 0 saturated heterocycles. The average molecular weight is 294 g/mol. The van der Waals surface area contributed by atoms with Gasteiger partial charge in [-0.05, 0) is 11.1 Å². The third kappa shape index (κ3) is 2.50. The van der Waals surface area contributed by atoms with E-state index in [2.05, 4.69) is 86.4 Å². The molecule has 0 N–H and O–H groups in total. The number of hydrogen-bond donors (Lipinski definition) is 0. The van der Waals surface area contributed by atoms with Gasteiger partial charge in [0.15, 0.2) is 0 Å². The molecule has 1 heterocycles. The summed E-state index contributed by atoms with van der Waals surface area (Å²) in [5, 5.41) is -0.241. The summed E-state index contributed by atoms with van der Waals surface area (Å²) in [6.07, 6.45) is 4.57. The first-order valence-corrected chi connectivity index (χ1v) is 11.0. The average Bonchev–Trinajstić information content (AvgIpc) is 2.95. The van der Waals surface area contributed by atoms with Crippen molar-refractivity contribution in [1.29, 1.82) is 0 Å². The second-order valence-corrected chi connectivity index (χ2v) is 11.9. The van der Waals surface area contributed by atoms with Gasteiger partial charge in [-0.1, -0.05) is 92.5 Å². The quantitative estimate of drug-likeness (QED) is 0.566. The van der Waals surface area contributed by atoms with E-state index in [-0.39, 0.29) is 11.3 Å². The van der Waals surface area contributed by atoms with Gasteiger partial charge < -0.3 is 4.74 Å². The van der Waals surface area contributed by atoms with Gasteiger partial charge in [0.2, 0.25) is 0 Å². The standard InChI is InChI=1S/C19H22OSi/c1-21(2,3)19(17-12-8-5-9-13-17)15-14-18(20-19)16-10-6-4-7-11-16/h4-15,18H,1-3H3. The van der Waals surface area contributed by atoms with E-state index in [1.54, 1.807) is 0 Å². The third-order valence-electron chi connectivity index (χ3n) is 4.26. The van der Waals surface area contributed by atoms with Crippen molar-refractivity contribution in [3.05, 3.63) is 83.9 Å². The maximum absolute atomic E-state index is 6.64. The van der Waals surface area contributed by atoms with Gasteiger partial charge in [-0.3, -0.25) is 0 Å². The van der Waals surface area contributed by atoms with E-state index in [1.807, 2.05) is 6.07 Å². The molecule has 1 nitrogen and oxygen atoms in total. The lowest BCUT2D eigenvalue weighted by atomic mass is 10.1. The molecule has 2 atom stereocenters. The number of rotatable bonds is 3. The summed E-state index contributed by atoms with van der Waals surface area (Å²) in [5.74, 6) is 0. The zero-order chi connectivity index (χ0) is 14.9. The first-order chi connectivity index (χ1) is 10.0. The Morgan fingerprint density at radius 1 is 0.857 bits per heavy atom. The molecule has 0 aromatic heterocycles. The summed E-state index contributed by atoms with van der Waals surface area (Å²) in [4.78, 5) is 0. The minimum Gasteiger partial charge on any atom is -0.358 e. The van der Waals surface area contributed by atoms with Crippen LogP contribution in [0.1, 0.15) is 17.2 Å². The lowest BCUT2D eigenvalue weighted by Crippen LogP contribution is -2.48. The summed E-state index contributed by atoms with van der Waals surface area (Å²) in [5.41, 5.74) is 2.50. The highest BCUT2D eigenvalue weighted by Gasteiger charge is 2.48. The highest BCUT2D eigenvalue weighted by atomic mass is 28.3. The molecule has 0 saturated carbocycles. The van der Waals surface area contributed by atoms with Crippen molar-refractivity contribution in [2.75, 3.05) is 0 Å². The van der Waals surface area contributed by atoms with Crippen molar-refractivity contribution >= 4 is 8.07 Å². The fourth-order valence-corrected chi connectivity index (χ4v) is 5.14. The lowest BCUT2D eigenvalue weighted by molar-refractivity contribution is 0.0211. The Bertz CT molecular complexity index is 628. The zero-order valence-corrected chi connectivity index (χ0v) is 13.9. The van der Waals surface area contributed by atoms with Crippen LogP contribution in [-0.2, 0) is 9.96 Å². The Hall–Kier alpha value is -1.64. The van der Waals surface area contributed by atoms with E-state index in [9.17, 15) is 0 Å². The number of benzene rings is 2. The van der Waals surface area contributed by atoms with Crippen molar-refractivity contribution in [2.45, 2.75) is 31.0 Å². The molecule has 1 aliphatic heterocycles. The van der Waals surface area contributed by atoms with Gasteiger partial charge in [-0.15, -0.1) is 0 Å². The van der Waals surface area contributed by atoms with Gasteiger partial charge in [0.25, 0.3) is 0 Å². The van der Waals surface area contributed by atoms with Crippen LogP contribution in [0.15, 0.2) is 72.8 Å². The largest absolute Gasteiger partial charge is 0.358 e. The topological polar surface area (TPSA) is 9.23 Å². The predicted octanol–water partition coefficient (Wildman–Crippen LogP) is 5.09. The molecule has 0 spiro atoms. The first kappa shape index (κ1) is 14.3. The molecule has 21 heavy (non-hydrogen) atoms. The normalized spacial score (nSPS) is 25.2. The molecule has 2 aromatic carbocycles. The smallest absolute Gasteiger partial charge is 0.102 e. The van der Waals surface area contributed by atoms with Gasteiger partial charge in [-0.2, -0.15) is 0 Å². The highest BCUT2D eigenvalue weighted by molar-refractivity contribution is 6.79. The Morgan fingerprint density at radius 2 is 1.43 bits per heavy atom. The van der Waals surface area contributed by atoms with Crippen molar-refractivity contribution < 1.29 is 4.74 Å². The van der Waals surface area contributed by atoms with E-state index >= 15 is 0 Å². The van der Waals surface area contributed by atoms with E-state index < -0.39 is 8.07 Å². The lowest BCUT2D eigenvalue weighted by Gasteiger charge is -2.40. The van der Waals surface area contributed by atoms with Crippen molar-refractivity contribution in [1.82, 2.24) is 0 Å². The van der Waals surface area contributed by atoms with E-state index in [0.717, 1.165) is 0 Å². The van der Waals surface area contributed by atoms with E-state index in [1.165, 1.54) is 11.1 Å². The van der Waals surface area contributed by atoms with Crippen LogP contribution >= 0.6 is 0 Å². The molecule has 108 valence electrons. The molecular weight excluding hydrogens is 272 g/mol. The number of ether oxygens (including phenoxy) is 1. The molecule has 0 fully saturated rings. The van der Waals surface area contributed by atoms with Crippen LogP contribution in [0.4, 0.5) is 0 Å². The molecule has 0 radical (unpaired) electrons. The van der Waals surface area contributed by atoms with Crippen LogP contribution in [0.5, 0.6) is 0 Å². The minimum atomic E-state index is -1.60. The molecular formula is C19H22OSi. The summed E-state index contributed by atoms with van der Waals surface area (Å²) in [7, 11) is -1.60. The first-order valence-electron chi connectivity index (χ1n) is 7.51. The van der Waals surface area contributed by atoms with Crippen LogP contribution in [0.3, 0.4) is 0 Å². The molecule has 0 bridgehead atoms. The maximum atomic E-state index is 6.64. The predicted molar refractivity (Wildman–Crippen MR) is 90.9 cm³/mol. The minimum absolute atomic E-state index is 0.0538. The molecule has 2 aromatic rings. The molecule has 0 aliphatic carbocycles. The molecule has 2 unspecified atom stereocenters. The Kier molecular flexibility index (Phi) is 3.60. The zero-order valence-electron chi connectivity index (χ0n) is 12.9. The molecule has 1 aliphatic rings. The van der Waals surface area contributed by atoms with E-state index in [0.29, 0.717) is 0 Å². The van der Waals surface area contributed by atoms with E-state index in [4.69, 9.17) is 4.74 Å². The fraction of sp³-hybridized carbons (Fsp3) is 0.263. The highest BCUT2D eigenvalue weighted by Crippen LogP contribution is 2.46. The summed E-state index contributed by atoms with van der Waals surface area (Å²) in [6.45, 7) is 7.12. The Morgan fingerprint density at radius 3 is 2.00 bits per heavy atom. The van der Waals surface area contributed by atoms with Gasteiger partial charge in [0.1, 0.15) is 11.3 Å². The SMILES string of the molecule is C[Si](C)(C)C1(c2ccccc2)C=CC(c2ccccc2)O1. The van der Waals surface area contributed by atoms with Gasteiger partial charge >= 0.3 is 0 Å². The van der Waals surface area contributed by atoms with Gasteiger partial charge in [-0.25, -0.2) is 0 Å². The fourth-order valence-electron chi connectivity index (χ4n) is 3.03. The van der Waals surface area contributed by atoms with Crippen LogP contribution in [0, 0.1) is 0 Å². The van der Waals surface area contributed by atoms with Crippen molar-refractivity contribution in [3.8, 4) is 0 Å². The second-order valence-electron chi connectivity index (χ2n) is 6.66. The number of hydrogen-bond acceptors (Lipinski definition) is 1. The maximum Gasteiger partial charge on any atom is 0.102 e. The second kappa shape index (κ2) is 5.28. The van der Waals surface area contributed by atoms with Crippen LogP contribution in [-0.4, -0.2) is 8.07 Å². The van der Waals surface area contributed by atoms with Crippen LogP contribution < -0.4 is 0 Å². The molecule has 3 rings (SSSR count). The van der Waals surface area contributed by atoms with Crippen LogP contribution in [0.2, 0.25) is 19.6 Å². The third-order valence-corrected chi connectivity index (χ3v) is 7.07. The summed E-state index contributed by atoms with van der Waals surface area (Å²) >= 11 is 0. The Labute approximate surface area is 128 Å². The molecule has 2 heteroatoms. The molecule has 0 amide bonds. The Balaban J connectivity index is 2.00. The van der Waals surface area contributed by atoms with Gasteiger partial charge in [0, 0.05) is 0 Å². The monoisotopic (exact) mass is 294 g/mol.